The zero-order valence-electron chi connectivity index (χ0n) is 42.7. The van der Waals surface area contributed by atoms with Gasteiger partial charge in [-0.05, 0) is 146 Å². The van der Waals surface area contributed by atoms with Crippen molar-refractivity contribution in [1.82, 2.24) is 9.80 Å². The molecule has 12 nitrogen and oxygen atoms in total. The Morgan fingerprint density at radius 3 is 1.45 bits per heavy atom. The normalized spacial score (nSPS) is 15.3. The molecule has 69 heavy (non-hydrogen) atoms. The van der Waals surface area contributed by atoms with E-state index in [4.69, 9.17) is 28.9 Å². The van der Waals surface area contributed by atoms with Crippen LogP contribution in [-0.2, 0) is 41.7 Å². The number of unbranched alkanes of at least 4 members (excludes halogenated alkanes) is 2. The van der Waals surface area contributed by atoms with E-state index in [1.54, 1.807) is 41.5 Å². The summed E-state index contributed by atoms with van der Waals surface area (Å²) >= 11 is 3.63. The minimum Gasteiger partial charge on any atom is -0.476 e. The summed E-state index contributed by atoms with van der Waals surface area (Å²) < 4.78 is 23.1. The molecule has 370 valence electrons. The van der Waals surface area contributed by atoms with E-state index in [2.05, 4.69) is 29.8 Å². The van der Waals surface area contributed by atoms with Crippen molar-refractivity contribution in [3.05, 3.63) is 107 Å². The van der Waals surface area contributed by atoms with Gasteiger partial charge in [-0.15, -0.1) is 0 Å². The zero-order chi connectivity index (χ0) is 50.7. The highest BCUT2D eigenvalue weighted by atomic mass is 79.9. The van der Waals surface area contributed by atoms with Crippen LogP contribution in [0.5, 0.6) is 11.5 Å². The van der Waals surface area contributed by atoms with Gasteiger partial charge in [0, 0.05) is 17.3 Å². The fourth-order valence-electron chi connectivity index (χ4n) is 7.90. The van der Waals surface area contributed by atoms with Gasteiger partial charge in [-0.1, -0.05) is 103 Å². The van der Waals surface area contributed by atoms with E-state index in [1.165, 1.54) is 0 Å². The lowest BCUT2D eigenvalue weighted by Gasteiger charge is -2.24. The summed E-state index contributed by atoms with van der Waals surface area (Å²) in [4.78, 5) is 63.3. The van der Waals surface area contributed by atoms with Crippen LogP contribution in [0, 0.1) is 0 Å². The molecule has 0 saturated heterocycles. The van der Waals surface area contributed by atoms with Gasteiger partial charge < -0.3 is 18.9 Å². The molecule has 2 aliphatic rings. The molecule has 6 rings (SSSR count). The van der Waals surface area contributed by atoms with Gasteiger partial charge in [-0.2, -0.15) is 0 Å². The number of aliphatic imine (C=N–C) groups is 2. The highest BCUT2D eigenvalue weighted by Gasteiger charge is 2.41. The predicted molar refractivity (Wildman–Crippen MR) is 277 cm³/mol. The van der Waals surface area contributed by atoms with Crippen LogP contribution in [0.2, 0.25) is 0 Å². The van der Waals surface area contributed by atoms with Crippen molar-refractivity contribution < 1.29 is 38.1 Å². The number of amides is 2. The molecule has 4 aromatic carbocycles. The van der Waals surface area contributed by atoms with Gasteiger partial charge in [0.15, 0.2) is 11.2 Å². The van der Waals surface area contributed by atoms with E-state index >= 15 is 0 Å². The number of amidine groups is 2. The Hall–Kier alpha value is -5.82. The maximum Gasteiger partial charge on any atom is 0.349 e. The number of hydrogen-bond donors (Lipinski definition) is 0. The van der Waals surface area contributed by atoms with Crippen molar-refractivity contribution in [3.63, 3.8) is 0 Å². The summed E-state index contributed by atoms with van der Waals surface area (Å²) in [5.41, 5.74) is 2.45. The van der Waals surface area contributed by atoms with Crippen LogP contribution in [0.1, 0.15) is 133 Å². The van der Waals surface area contributed by atoms with Gasteiger partial charge in [0.25, 0.3) is 11.8 Å². The molecule has 0 radical (unpaired) electrons. The smallest absolute Gasteiger partial charge is 0.349 e. The van der Waals surface area contributed by atoms with Gasteiger partial charge in [0.05, 0.1) is 26.3 Å². The summed E-state index contributed by atoms with van der Waals surface area (Å²) in [5, 5.41) is 0. The van der Waals surface area contributed by atoms with E-state index in [1.807, 2.05) is 128 Å². The second kappa shape index (κ2) is 23.2. The maximum atomic E-state index is 12.9. The minimum absolute atomic E-state index is 0.0458. The number of benzene rings is 4. The van der Waals surface area contributed by atoms with Crippen molar-refractivity contribution in [1.29, 1.82) is 0 Å². The SMILES string of the molecule is CCCCC1=NC(C)(C)C(=O)N1Cc1ccc(-c2cc(OC(C)(C)C(=O)OCC)ccc2Br)cc1.CCCCC1=NC(C)(C)C(=O)N1Cc1ccc(-c2cccc(OC(C)(C)C(=O)OCC)c2)cc1. The molecule has 2 aliphatic heterocycles. The summed E-state index contributed by atoms with van der Waals surface area (Å²) in [5.74, 6) is 2.23. The number of halogens is 1. The molecule has 0 unspecified atom stereocenters. The van der Waals surface area contributed by atoms with Crippen LogP contribution in [0.15, 0.2) is 105 Å². The summed E-state index contributed by atoms with van der Waals surface area (Å²) in [6.45, 7) is 23.8. The van der Waals surface area contributed by atoms with Crippen molar-refractivity contribution in [2.24, 2.45) is 9.98 Å². The third-order valence-corrected chi connectivity index (χ3v) is 12.5. The Kier molecular flexibility index (Phi) is 18.2. The van der Waals surface area contributed by atoms with Crippen molar-refractivity contribution in [3.8, 4) is 33.8 Å². The molecule has 0 spiro atoms. The highest BCUT2D eigenvalue weighted by molar-refractivity contribution is 9.10. The van der Waals surface area contributed by atoms with Gasteiger partial charge in [0.1, 0.15) is 34.2 Å². The third kappa shape index (κ3) is 13.9. The Balaban J connectivity index is 0.000000258. The molecular formula is C56H71BrN4O8. The second-order valence-electron chi connectivity index (χ2n) is 19.4. The average molecular weight is 1010 g/mol. The monoisotopic (exact) mass is 1010 g/mol. The van der Waals surface area contributed by atoms with Crippen molar-refractivity contribution >= 4 is 51.4 Å². The highest BCUT2D eigenvalue weighted by Crippen LogP contribution is 2.35. The quantitative estimate of drug-likeness (QED) is 0.0798. The first-order valence-corrected chi connectivity index (χ1v) is 25.0. The molecule has 2 heterocycles. The zero-order valence-corrected chi connectivity index (χ0v) is 44.3. The number of rotatable bonds is 20. The molecule has 0 bridgehead atoms. The topological polar surface area (TPSA) is 136 Å². The standard InChI is InChI=1S/C28H35BrN2O4.C28H36N2O4/c1-7-9-10-24-30-27(3,4)25(32)31(24)18-19-11-13-20(14-12-19)22-17-21(15-16-23(22)29)35-28(5,6)26(33)34-8-2;1-7-9-13-24-29-27(3,4)25(31)30(24)19-20-14-16-21(17-15-20)22-11-10-12-23(18-22)34-28(5,6)26(32)33-8-2/h11-17H,7-10,18H2,1-6H3;10-12,14-18H,7-9,13,19H2,1-6H3. The maximum absolute atomic E-state index is 12.9. The van der Waals surface area contributed by atoms with Crippen LogP contribution in [0.4, 0.5) is 0 Å². The molecule has 0 saturated carbocycles. The molecule has 0 aromatic heterocycles. The Morgan fingerprint density at radius 2 is 1.01 bits per heavy atom. The van der Waals surface area contributed by atoms with Crippen LogP contribution < -0.4 is 9.47 Å². The molecular weight excluding hydrogens is 937 g/mol. The Labute approximate surface area is 418 Å². The van der Waals surface area contributed by atoms with Crippen LogP contribution in [0.25, 0.3) is 22.3 Å². The fraction of sp³-hybridized carbons (Fsp3) is 0.464. The molecule has 2 amide bonds. The molecule has 13 heteroatoms. The molecule has 0 atom stereocenters. The average Bonchev–Trinajstić information content (AvgIpc) is 3.65. The number of ether oxygens (including phenoxy) is 4. The molecule has 0 fully saturated rings. The van der Waals surface area contributed by atoms with Crippen molar-refractivity contribution in [2.45, 2.75) is 157 Å². The van der Waals surface area contributed by atoms with E-state index in [0.29, 0.717) is 37.8 Å². The Morgan fingerprint density at radius 1 is 0.580 bits per heavy atom. The summed E-state index contributed by atoms with van der Waals surface area (Å²) in [6, 6.07) is 29.6. The van der Waals surface area contributed by atoms with Gasteiger partial charge in [-0.25, -0.2) is 9.59 Å². The lowest BCUT2D eigenvalue weighted by Crippen LogP contribution is -2.39. The first-order valence-electron chi connectivity index (χ1n) is 24.2. The first kappa shape index (κ1) is 54.1. The predicted octanol–water partition coefficient (Wildman–Crippen LogP) is 12.3. The minimum atomic E-state index is -1.10. The van der Waals surface area contributed by atoms with Gasteiger partial charge in [0.2, 0.25) is 0 Å². The molecule has 4 aromatic rings. The largest absolute Gasteiger partial charge is 0.476 e. The van der Waals surface area contributed by atoms with Gasteiger partial charge >= 0.3 is 11.9 Å². The number of carbonyl (C=O) groups excluding carboxylic acids is 4. The van der Waals surface area contributed by atoms with Crippen LogP contribution >= 0.6 is 15.9 Å². The van der Waals surface area contributed by atoms with Crippen LogP contribution in [-0.4, -0.2) is 80.7 Å². The van der Waals surface area contributed by atoms with Crippen LogP contribution in [0.3, 0.4) is 0 Å². The first-order chi connectivity index (χ1) is 32.5. The fourth-order valence-corrected chi connectivity index (χ4v) is 8.38. The molecule has 0 aliphatic carbocycles. The second-order valence-corrected chi connectivity index (χ2v) is 20.2. The van der Waals surface area contributed by atoms with E-state index in [9.17, 15) is 19.2 Å². The number of hydrogen-bond acceptors (Lipinski definition) is 10. The third-order valence-electron chi connectivity index (χ3n) is 11.8. The number of nitrogens with zero attached hydrogens (tertiary/aromatic N) is 4. The summed E-state index contributed by atoms with van der Waals surface area (Å²) in [6.07, 6.45) is 5.78. The van der Waals surface area contributed by atoms with Crippen molar-refractivity contribution in [2.75, 3.05) is 13.2 Å². The van der Waals surface area contributed by atoms with E-state index in [-0.39, 0.29) is 11.8 Å². The number of carbonyl (C=O) groups is 4. The Bertz CT molecular complexity index is 2510. The lowest BCUT2D eigenvalue weighted by atomic mass is 10.0. The number of esters is 2. The summed E-state index contributed by atoms with van der Waals surface area (Å²) in [7, 11) is 0. The van der Waals surface area contributed by atoms with Gasteiger partial charge in [-0.3, -0.25) is 29.4 Å². The van der Waals surface area contributed by atoms with E-state index in [0.717, 1.165) is 88.0 Å². The lowest BCUT2D eigenvalue weighted by molar-refractivity contribution is -0.159. The van der Waals surface area contributed by atoms with E-state index < -0.39 is 34.2 Å². The molecule has 0 N–H and O–H groups in total.